The van der Waals surface area contributed by atoms with Crippen LogP contribution >= 0.6 is 0 Å². The van der Waals surface area contributed by atoms with Crippen molar-refractivity contribution < 1.29 is 13.2 Å². The van der Waals surface area contributed by atoms with E-state index in [1.165, 1.54) is 11.6 Å². The first-order valence-electron chi connectivity index (χ1n) is 10.7. The third-order valence-electron chi connectivity index (χ3n) is 5.42. The smallest absolute Gasteiger partial charge is 0.285 e. The van der Waals surface area contributed by atoms with Gasteiger partial charge >= 0.3 is 0 Å². The van der Waals surface area contributed by atoms with Crippen LogP contribution in [0.1, 0.15) is 27.9 Å². The molecule has 7 nitrogen and oxygen atoms in total. The zero-order valence-electron chi connectivity index (χ0n) is 18.6. The fourth-order valence-electron chi connectivity index (χ4n) is 3.59. The van der Waals surface area contributed by atoms with Crippen LogP contribution in [0.25, 0.3) is 0 Å². The van der Waals surface area contributed by atoms with E-state index in [2.05, 4.69) is 44.2 Å². The van der Waals surface area contributed by atoms with Gasteiger partial charge in [0.1, 0.15) is 4.90 Å². The average Bonchev–Trinajstić information content (AvgIpc) is 3.07. The number of anilines is 2. The van der Waals surface area contributed by atoms with Crippen molar-refractivity contribution in [1.29, 1.82) is 0 Å². The molecule has 4 rings (SSSR count). The van der Waals surface area contributed by atoms with E-state index in [4.69, 9.17) is 0 Å². The quantitative estimate of drug-likeness (QED) is 0.523. The number of fused-ring (bicyclic) bond motifs is 1. The molecule has 170 valence electrons. The first-order chi connectivity index (χ1) is 15.8. The predicted octanol–water partition coefficient (Wildman–Crippen LogP) is 3.68. The van der Waals surface area contributed by atoms with Gasteiger partial charge < -0.3 is 15.5 Å². The maximum absolute atomic E-state index is 12.4. The number of amidine groups is 1. The summed E-state index contributed by atoms with van der Waals surface area (Å²) in [7, 11) is 0.350. The molecular formula is C25H26N4O3S. The molecule has 33 heavy (non-hydrogen) atoms. The molecule has 1 aliphatic heterocycles. The summed E-state index contributed by atoms with van der Waals surface area (Å²) >= 11 is 0. The zero-order chi connectivity index (χ0) is 23.4. The van der Waals surface area contributed by atoms with Crippen LogP contribution in [-0.4, -0.2) is 40.8 Å². The summed E-state index contributed by atoms with van der Waals surface area (Å²) < 4.78 is 28.2. The van der Waals surface area contributed by atoms with Crippen molar-refractivity contribution >= 4 is 33.1 Å². The molecule has 3 aromatic rings. The lowest BCUT2D eigenvalue weighted by atomic mass is 10.1. The summed E-state index contributed by atoms with van der Waals surface area (Å²) in [6.45, 7) is 0.583. The van der Waals surface area contributed by atoms with Gasteiger partial charge in [-0.05, 0) is 66.9 Å². The fraction of sp³-hybridized carbons (Fsp3) is 0.200. The van der Waals surface area contributed by atoms with E-state index in [-0.39, 0.29) is 16.6 Å². The second-order valence-corrected chi connectivity index (χ2v) is 9.61. The number of sulfonamides is 1. The number of aryl methyl sites for hydroxylation is 1. The Balaban J connectivity index is 1.29. The normalized spacial score (nSPS) is 13.7. The van der Waals surface area contributed by atoms with Crippen molar-refractivity contribution in [3.8, 4) is 0 Å². The van der Waals surface area contributed by atoms with Gasteiger partial charge in [-0.2, -0.15) is 8.42 Å². The fourth-order valence-corrected chi connectivity index (χ4v) is 4.77. The van der Waals surface area contributed by atoms with Crippen LogP contribution in [0.4, 0.5) is 11.4 Å². The SMILES string of the molecule is CN(C)c1ccc(CCCNC(=O)c2ccc(NC3=NS(=O)(=O)c4ccccc43)cc2)cc1. The third-order valence-corrected chi connectivity index (χ3v) is 6.76. The van der Waals surface area contributed by atoms with Gasteiger partial charge in [-0.15, -0.1) is 4.40 Å². The molecule has 1 amide bonds. The Bertz CT molecular complexity index is 1280. The lowest BCUT2D eigenvalue weighted by Crippen LogP contribution is -2.24. The van der Waals surface area contributed by atoms with E-state index in [0.29, 0.717) is 23.4 Å². The van der Waals surface area contributed by atoms with E-state index in [1.807, 2.05) is 14.1 Å². The maximum atomic E-state index is 12.4. The zero-order valence-corrected chi connectivity index (χ0v) is 19.4. The minimum Gasteiger partial charge on any atom is -0.378 e. The number of carbonyl (C=O) groups excluding carboxylic acids is 1. The molecule has 0 aliphatic carbocycles. The standard InChI is InChI=1S/C25H26N4O3S/c1-29(2)21-15-9-18(10-16-21)6-5-17-26-25(30)19-11-13-20(14-12-19)27-24-22-7-3-4-8-23(22)33(31,32)28-24/h3-4,7-16H,5-6,17H2,1-2H3,(H,26,30)(H,27,28). The first-order valence-corrected chi connectivity index (χ1v) is 12.1. The predicted molar refractivity (Wildman–Crippen MR) is 132 cm³/mol. The molecule has 0 atom stereocenters. The number of amides is 1. The first kappa shape index (κ1) is 22.5. The maximum Gasteiger partial charge on any atom is 0.285 e. The van der Waals surface area contributed by atoms with E-state index < -0.39 is 10.0 Å². The van der Waals surface area contributed by atoms with Crippen molar-refractivity contribution in [2.75, 3.05) is 30.9 Å². The molecule has 0 unspecified atom stereocenters. The Kier molecular flexibility index (Phi) is 6.46. The molecule has 3 aromatic carbocycles. The highest BCUT2D eigenvalue weighted by Gasteiger charge is 2.28. The Morgan fingerprint density at radius 2 is 1.64 bits per heavy atom. The van der Waals surface area contributed by atoms with E-state index in [1.54, 1.807) is 42.5 Å². The summed E-state index contributed by atoms with van der Waals surface area (Å²) in [5.41, 5.74) is 4.13. The van der Waals surface area contributed by atoms with Gasteiger partial charge in [0.25, 0.3) is 15.9 Å². The molecule has 0 saturated carbocycles. The van der Waals surface area contributed by atoms with Gasteiger partial charge in [-0.25, -0.2) is 0 Å². The van der Waals surface area contributed by atoms with Gasteiger partial charge in [0.15, 0.2) is 5.84 Å². The number of benzene rings is 3. The Labute approximate surface area is 194 Å². The summed E-state index contributed by atoms with van der Waals surface area (Å²) in [6, 6.07) is 22.0. The van der Waals surface area contributed by atoms with Crippen LogP contribution in [0.2, 0.25) is 0 Å². The highest BCUT2D eigenvalue weighted by atomic mass is 32.2. The monoisotopic (exact) mass is 462 g/mol. The minimum atomic E-state index is -3.68. The molecule has 2 N–H and O–H groups in total. The molecule has 0 aromatic heterocycles. The van der Waals surface area contributed by atoms with Crippen LogP contribution in [-0.2, 0) is 16.4 Å². The lowest BCUT2D eigenvalue weighted by molar-refractivity contribution is 0.0953. The van der Waals surface area contributed by atoms with E-state index >= 15 is 0 Å². The Morgan fingerprint density at radius 1 is 0.939 bits per heavy atom. The van der Waals surface area contributed by atoms with E-state index in [9.17, 15) is 13.2 Å². The molecule has 0 saturated heterocycles. The molecule has 0 radical (unpaired) electrons. The second-order valence-electron chi connectivity index (χ2n) is 8.03. The molecule has 1 aliphatic rings. The molecule has 8 heteroatoms. The second kappa shape index (κ2) is 9.46. The van der Waals surface area contributed by atoms with Crippen LogP contribution in [0.15, 0.2) is 82.1 Å². The number of nitrogens with zero attached hydrogens (tertiary/aromatic N) is 2. The number of hydrogen-bond acceptors (Lipinski definition) is 5. The summed E-state index contributed by atoms with van der Waals surface area (Å²) in [4.78, 5) is 14.7. The minimum absolute atomic E-state index is 0.143. The molecular weight excluding hydrogens is 436 g/mol. The largest absolute Gasteiger partial charge is 0.378 e. The van der Waals surface area contributed by atoms with Gasteiger partial charge in [0, 0.05) is 43.1 Å². The molecule has 1 heterocycles. The van der Waals surface area contributed by atoms with Crippen LogP contribution in [0.5, 0.6) is 0 Å². The van der Waals surface area contributed by atoms with Crippen molar-refractivity contribution in [2.24, 2.45) is 4.40 Å². The Hall–Kier alpha value is -3.65. The van der Waals surface area contributed by atoms with Crippen LogP contribution in [0.3, 0.4) is 0 Å². The Morgan fingerprint density at radius 3 is 2.33 bits per heavy atom. The van der Waals surface area contributed by atoms with Crippen molar-refractivity contribution in [3.05, 3.63) is 89.5 Å². The van der Waals surface area contributed by atoms with Crippen LogP contribution in [0, 0.1) is 0 Å². The summed E-state index contributed by atoms with van der Waals surface area (Å²) in [5, 5.41) is 5.98. The van der Waals surface area contributed by atoms with Crippen molar-refractivity contribution in [3.63, 3.8) is 0 Å². The van der Waals surface area contributed by atoms with E-state index in [0.717, 1.165) is 18.5 Å². The molecule has 0 spiro atoms. The number of carbonyl (C=O) groups is 1. The number of rotatable bonds is 7. The van der Waals surface area contributed by atoms with Crippen molar-refractivity contribution in [2.45, 2.75) is 17.7 Å². The highest BCUT2D eigenvalue weighted by Crippen LogP contribution is 2.26. The molecule has 0 fully saturated rings. The lowest BCUT2D eigenvalue weighted by Gasteiger charge is -2.12. The molecule has 0 bridgehead atoms. The topological polar surface area (TPSA) is 90.9 Å². The van der Waals surface area contributed by atoms with Gasteiger partial charge in [0.05, 0.1) is 0 Å². The summed E-state index contributed by atoms with van der Waals surface area (Å²) in [6.07, 6.45) is 1.74. The number of hydrogen-bond donors (Lipinski definition) is 2. The van der Waals surface area contributed by atoms with Crippen LogP contribution < -0.4 is 15.5 Å². The van der Waals surface area contributed by atoms with Crippen molar-refractivity contribution in [1.82, 2.24) is 5.32 Å². The number of nitrogens with one attached hydrogen (secondary N) is 2. The summed E-state index contributed by atoms with van der Waals surface area (Å²) in [5.74, 6) is 0.136. The highest BCUT2D eigenvalue weighted by molar-refractivity contribution is 7.90. The average molecular weight is 463 g/mol. The van der Waals surface area contributed by atoms with Gasteiger partial charge in [0.2, 0.25) is 0 Å². The van der Waals surface area contributed by atoms with Gasteiger partial charge in [-0.3, -0.25) is 4.79 Å². The van der Waals surface area contributed by atoms with Gasteiger partial charge in [-0.1, -0.05) is 24.3 Å². The third kappa shape index (κ3) is 5.23.